The molecule has 0 radical (unpaired) electrons. The lowest BCUT2D eigenvalue weighted by molar-refractivity contribution is -0.123. The normalized spacial score (nSPS) is 15.2. The number of amides is 2. The molecule has 2 heterocycles. The Morgan fingerprint density at radius 1 is 0.818 bits per heavy atom. The van der Waals surface area contributed by atoms with Crippen molar-refractivity contribution in [3.63, 3.8) is 0 Å². The first-order valence-electron chi connectivity index (χ1n) is 10.3. The van der Waals surface area contributed by atoms with Gasteiger partial charge in [0, 0.05) is 44.8 Å². The van der Waals surface area contributed by atoms with Crippen molar-refractivity contribution >= 4 is 63.1 Å². The number of aromatic nitrogens is 1. The van der Waals surface area contributed by atoms with Crippen molar-refractivity contribution in [2.24, 2.45) is 0 Å². The van der Waals surface area contributed by atoms with Crippen LogP contribution in [0.2, 0.25) is 10.0 Å². The zero-order valence-electron chi connectivity index (χ0n) is 17.4. The van der Waals surface area contributed by atoms with Gasteiger partial charge in [0.1, 0.15) is 0 Å². The molecule has 1 aliphatic rings. The van der Waals surface area contributed by atoms with Crippen LogP contribution in [0.5, 0.6) is 0 Å². The number of carbonyl (C=O) groups is 2. The number of nitrogens with zero attached hydrogens (tertiary/aromatic N) is 2. The Kier molecular flexibility index (Phi) is 6.02. The fourth-order valence-corrected chi connectivity index (χ4v) is 5.27. The molecule has 4 aromatic rings. The average molecular weight is 493 g/mol. The number of carbonyl (C=O) groups excluding carboxylic acids is 2. The predicted octanol–water partition coefficient (Wildman–Crippen LogP) is 7.23. The summed E-state index contributed by atoms with van der Waals surface area (Å²) in [6.07, 6.45) is 3.82. The van der Waals surface area contributed by atoms with Gasteiger partial charge < -0.3 is 4.57 Å². The maximum Gasteiger partial charge on any atom is 0.293 e. The van der Waals surface area contributed by atoms with Crippen molar-refractivity contribution in [2.45, 2.75) is 13.1 Å². The van der Waals surface area contributed by atoms with Gasteiger partial charge in [-0.1, -0.05) is 77.8 Å². The fraction of sp³-hybridized carbons (Fsp3) is 0.0769. The van der Waals surface area contributed by atoms with E-state index in [0.717, 1.165) is 28.2 Å². The van der Waals surface area contributed by atoms with Gasteiger partial charge >= 0.3 is 0 Å². The molecule has 5 rings (SSSR count). The van der Waals surface area contributed by atoms with E-state index >= 15 is 0 Å². The second-order valence-corrected chi connectivity index (χ2v) is 9.49. The molecule has 1 aliphatic heterocycles. The summed E-state index contributed by atoms with van der Waals surface area (Å²) in [4.78, 5) is 27.3. The van der Waals surface area contributed by atoms with Crippen LogP contribution in [0.25, 0.3) is 17.0 Å². The van der Waals surface area contributed by atoms with E-state index in [9.17, 15) is 9.59 Å². The Hall–Kier alpha value is -2.99. The maximum absolute atomic E-state index is 13.1. The standard InChI is InChI=1S/C26H18Cl2N2O2S/c27-21-10-6-11-22(28)20(21)16-30-25(31)24(33-26(30)32)13-18-15-29(14-17-7-2-1-3-8-17)23-12-5-4-9-19(18)23/h1-13,15H,14,16H2/b24-13-. The molecule has 0 saturated carbocycles. The average Bonchev–Trinajstić information content (AvgIpc) is 3.28. The van der Waals surface area contributed by atoms with Crippen LogP contribution < -0.4 is 0 Å². The van der Waals surface area contributed by atoms with Crippen molar-refractivity contribution in [3.05, 3.63) is 111 Å². The highest BCUT2D eigenvalue weighted by Gasteiger charge is 2.36. The monoisotopic (exact) mass is 492 g/mol. The number of hydrogen-bond acceptors (Lipinski definition) is 3. The summed E-state index contributed by atoms with van der Waals surface area (Å²) in [5.74, 6) is -0.346. The number of rotatable bonds is 5. The van der Waals surface area contributed by atoms with E-state index in [4.69, 9.17) is 23.2 Å². The molecule has 0 spiro atoms. The Morgan fingerprint density at radius 2 is 1.52 bits per heavy atom. The fourth-order valence-electron chi connectivity index (χ4n) is 3.92. The molecular formula is C26H18Cl2N2O2S. The SMILES string of the molecule is O=C1S/C(=C\c2cn(Cc3ccccc3)c3ccccc23)C(=O)N1Cc1c(Cl)cccc1Cl. The first-order valence-corrected chi connectivity index (χ1v) is 11.9. The van der Waals surface area contributed by atoms with Gasteiger partial charge in [-0.2, -0.15) is 0 Å². The van der Waals surface area contributed by atoms with Crippen LogP contribution in [0.15, 0.2) is 83.9 Å². The minimum absolute atomic E-state index is 0.0380. The van der Waals surface area contributed by atoms with Crippen LogP contribution in [0.4, 0.5) is 4.79 Å². The Morgan fingerprint density at radius 3 is 2.27 bits per heavy atom. The van der Waals surface area contributed by atoms with Crippen molar-refractivity contribution in [1.29, 1.82) is 0 Å². The smallest absolute Gasteiger partial charge is 0.293 e. The van der Waals surface area contributed by atoms with Crippen LogP contribution >= 0.6 is 35.0 Å². The highest BCUT2D eigenvalue weighted by molar-refractivity contribution is 8.18. The Labute approximate surface area is 205 Å². The molecule has 0 bridgehead atoms. The van der Waals surface area contributed by atoms with Crippen molar-refractivity contribution in [1.82, 2.24) is 9.47 Å². The van der Waals surface area contributed by atoms with Gasteiger partial charge in [-0.15, -0.1) is 0 Å². The minimum atomic E-state index is -0.346. The number of hydrogen-bond donors (Lipinski definition) is 0. The number of fused-ring (bicyclic) bond motifs is 1. The first-order chi connectivity index (χ1) is 16.0. The molecule has 164 valence electrons. The second-order valence-electron chi connectivity index (χ2n) is 7.68. The molecule has 1 aromatic heterocycles. The van der Waals surface area contributed by atoms with Crippen molar-refractivity contribution in [2.75, 3.05) is 0 Å². The number of imide groups is 1. The number of thioether (sulfide) groups is 1. The third kappa shape index (κ3) is 4.32. The molecule has 0 atom stereocenters. The first kappa shape index (κ1) is 21.8. The van der Waals surface area contributed by atoms with Gasteiger partial charge in [0.2, 0.25) is 0 Å². The summed E-state index contributed by atoms with van der Waals surface area (Å²) in [6.45, 7) is 0.748. The van der Waals surface area contributed by atoms with Crippen LogP contribution in [0, 0.1) is 0 Å². The largest absolute Gasteiger partial charge is 0.342 e. The van der Waals surface area contributed by atoms with E-state index in [0.29, 0.717) is 27.1 Å². The van der Waals surface area contributed by atoms with Crippen molar-refractivity contribution < 1.29 is 9.59 Å². The van der Waals surface area contributed by atoms with Gasteiger partial charge in [-0.3, -0.25) is 14.5 Å². The third-order valence-electron chi connectivity index (χ3n) is 5.55. The molecule has 33 heavy (non-hydrogen) atoms. The van der Waals surface area contributed by atoms with E-state index in [2.05, 4.69) is 22.8 Å². The minimum Gasteiger partial charge on any atom is -0.342 e. The number of benzene rings is 3. The summed E-state index contributed by atoms with van der Waals surface area (Å²) in [7, 11) is 0. The molecule has 0 aliphatic carbocycles. The molecule has 4 nitrogen and oxygen atoms in total. The van der Waals surface area contributed by atoms with Gasteiger partial charge in [0.05, 0.1) is 11.4 Å². The number of halogens is 2. The summed E-state index contributed by atoms with van der Waals surface area (Å²) in [6, 6.07) is 23.4. The van der Waals surface area contributed by atoms with Crippen LogP contribution in [-0.2, 0) is 17.9 Å². The molecule has 0 N–H and O–H groups in total. The molecule has 0 unspecified atom stereocenters. The topological polar surface area (TPSA) is 42.3 Å². The third-order valence-corrected chi connectivity index (χ3v) is 7.17. The van der Waals surface area contributed by atoms with E-state index in [-0.39, 0.29) is 17.7 Å². The van der Waals surface area contributed by atoms with Crippen molar-refractivity contribution in [3.8, 4) is 0 Å². The Bertz CT molecular complexity index is 1390. The van der Waals surface area contributed by atoms with Crippen LogP contribution in [-0.4, -0.2) is 20.6 Å². The highest BCUT2D eigenvalue weighted by Crippen LogP contribution is 2.36. The summed E-state index contributed by atoms with van der Waals surface area (Å²) in [5.41, 5.74) is 3.70. The quantitative estimate of drug-likeness (QED) is 0.276. The summed E-state index contributed by atoms with van der Waals surface area (Å²) in [5, 5.41) is 1.54. The van der Waals surface area contributed by atoms with Crippen LogP contribution in [0.3, 0.4) is 0 Å². The second kappa shape index (κ2) is 9.10. The summed E-state index contributed by atoms with van der Waals surface area (Å²) < 4.78 is 2.16. The van der Waals surface area contributed by atoms with E-state index in [1.165, 1.54) is 10.5 Å². The predicted molar refractivity (Wildman–Crippen MR) is 135 cm³/mol. The summed E-state index contributed by atoms with van der Waals surface area (Å²) >= 11 is 13.4. The van der Waals surface area contributed by atoms with Gasteiger partial charge in [-0.25, -0.2) is 0 Å². The maximum atomic E-state index is 13.1. The van der Waals surface area contributed by atoms with E-state index < -0.39 is 0 Å². The van der Waals surface area contributed by atoms with Gasteiger partial charge in [0.15, 0.2) is 0 Å². The van der Waals surface area contributed by atoms with Gasteiger partial charge in [0.25, 0.3) is 11.1 Å². The highest BCUT2D eigenvalue weighted by atomic mass is 35.5. The lowest BCUT2D eigenvalue weighted by atomic mass is 10.1. The Balaban J connectivity index is 1.47. The zero-order chi connectivity index (χ0) is 22.9. The lowest BCUT2D eigenvalue weighted by Crippen LogP contribution is -2.27. The molecule has 1 fully saturated rings. The molecular weight excluding hydrogens is 475 g/mol. The lowest BCUT2D eigenvalue weighted by Gasteiger charge is -2.14. The van der Waals surface area contributed by atoms with Crippen LogP contribution in [0.1, 0.15) is 16.7 Å². The molecule has 2 amide bonds. The van der Waals surface area contributed by atoms with E-state index in [1.807, 2.05) is 42.6 Å². The molecule has 1 saturated heterocycles. The molecule has 3 aromatic carbocycles. The van der Waals surface area contributed by atoms with Gasteiger partial charge in [-0.05, 0) is 41.6 Å². The van der Waals surface area contributed by atoms with E-state index in [1.54, 1.807) is 24.3 Å². The zero-order valence-corrected chi connectivity index (χ0v) is 19.7. The number of para-hydroxylation sites is 1. The molecule has 7 heteroatoms.